The van der Waals surface area contributed by atoms with E-state index in [2.05, 4.69) is 44.8 Å². The van der Waals surface area contributed by atoms with Gasteiger partial charge < -0.3 is 0 Å². The van der Waals surface area contributed by atoms with Crippen molar-refractivity contribution >= 4 is 77.7 Å². The van der Waals surface area contributed by atoms with E-state index in [4.69, 9.17) is 23.2 Å². The van der Waals surface area contributed by atoms with Gasteiger partial charge in [0.05, 0.1) is 17.3 Å². The third-order valence-electron chi connectivity index (χ3n) is 2.16. The number of aryl methyl sites for hydroxylation is 1. The van der Waals surface area contributed by atoms with Crippen molar-refractivity contribution in [2.24, 2.45) is 0 Å². The Balaban J connectivity index is 2.42. The monoisotopic (exact) mass is 418 g/mol. The Labute approximate surface area is 129 Å². The standard InChI is InChI=1S/C10H6Br2Cl2S2/c1-4-5(2-7(11)15-4)9(12)6-3-8(13)16-10(6)14/h2-3,9H,1H3. The molecule has 0 radical (unpaired) electrons. The van der Waals surface area contributed by atoms with Crippen LogP contribution in [0, 0.1) is 6.92 Å². The van der Waals surface area contributed by atoms with Gasteiger partial charge in [0.2, 0.25) is 0 Å². The summed E-state index contributed by atoms with van der Waals surface area (Å²) in [5.41, 5.74) is 2.26. The molecule has 6 heteroatoms. The normalized spacial score (nSPS) is 13.1. The zero-order valence-electron chi connectivity index (χ0n) is 8.06. The first-order valence-corrected chi connectivity index (χ1v) is 8.43. The Bertz CT molecular complexity index is 473. The molecule has 2 aromatic heterocycles. The summed E-state index contributed by atoms with van der Waals surface area (Å²) in [6.07, 6.45) is 0. The van der Waals surface area contributed by atoms with E-state index in [9.17, 15) is 0 Å². The summed E-state index contributed by atoms with van der Waals surface area (Å²) in [6.45, 7) is 2.10. The second-order valence-corrected chi connectivity index (χ2v) is 9.04. The zero-order valence-corrected chi connectivity index (χ0v) is 14.4. The highest BCUT2D eigenvalue weighted by molar-refractivity contribution is 9.11. The average molecular weight is 421 g/mol. The first-order valence-electron chi connectivity index (χ1n) is 4.33. The van der Waals surface area contributed by atoms with Crippen LogP contribution in [0.3, 0.4) is 0 Å². The zero-order chi connectivity index (χ0) is 11.9. The number of alkyl halides is 1. The molecule has 0 amide bonds. The molecule has 0 aromatic carbocycles. The molecule has 0 nitrogen and oxygen atoms in total. The lowest BCUT2D eigenvalue weighted by atomic mass is 10.1. The van der Waals surface area contributed by atoms with Crippen molar-refractivity contribution in [3.8, 4) is 0 Å². The van der Waals surface area contributed by atoms with Crippen LogP contribution in [0.15, 0.2) is 15.9 Å². The third kappa shape index (κ3) is 2.68. The van der Waals surface area contributed by atoms with E-state index >= 15 is 0 Å². The van der Waals surface area contributed by atoms with Crippen LogP contribution < -0.4 is 0 Å². The minimum absolute atomic E-state index is 0.103. The molecule has 0 N–H and O–H groups in total. The molecule has 0 fully saturated rings. The molecule has 86 valence electrons. The van der Waals surface area contributed by atoms with Crippen LogP contribution in [0.4, 0.5) is 0 Å². The Hall–Kier alpha value is 0.940. The van der Waals surface area contributed by atoms with Crippen molar-refractivity contribution < 1.29 is 0 Å². The summed E-state index contributed by atoms with van der Waals surface area (Å²) in [7, 11) is 0. The fourth-order valence-corrected chi connectivity index (χ4v) is 5.96. The van der Waals surface area contributed by atoms with Gasteiger partial charge in [0, 0.05) is 10.4 Å². The third-order valence-corrected chi connectivity index (χ3v) is 6.23. The largest absolute Gasteiger partial charge is 0.133 e. The van der Waals surface area contributed by atoms with Gasteiger partial charge in [-0.15, -0.1) is 22.7 Å². The molecule has 1 atom stereocenters. The molecule has 2 aromatic rings. The molecule has 0 aliphatic heterocycles. The Morgan fingerprint density at radius 3 is 2.31 bits per heavy atom. The summed E-state index contributed by atoms with van der Waals surface area (Å²) in [5, 5.41) is 0. The van der Waals surface area contributed by atoms with Crippen LogP contribution in [-0.4, -0.2) is 0 Å². The first-order chi connectivity index (χ1) is 7.49. The lowest BCUT2D eigenvalue weighted by Crippen LogP contribution is -1.90. The molecule has 2 rings (SSSR count). The Morgan fingerprint density at radius 2 is 1.88 bits per heavy atom. The van der Waals surface area contributed by atoms with E-state index in [1.165, 1.54) is 21.8 Å². The number of halogens is 4. The number of rotatable bonds is 2. The molecule has 0 saturated carbocycles. The Kier molecular flexibility index (Phi) is 4.42. The van der Waals surface area contributed by atoms with Crippen molar-refractivity contribution in [2.45, 2.75) is 11.8 Å². The maximum atomic E-state index is 6.14. The van der Waals surface area contributed by atoms with Gasteiger partial charge >= 0.3 is 0 Å². The molecule has 0 spiro atoms. The second kappa shape index (κ2) is 5.29. The number of hydrogen-bond acceptors (Lipinski definition) is 2. The van der Waals surface area contributed by atoms with Gasteiger partial charge in [-0.3, -0.25) is 0 Å². The van der Waals surface area contributed by atoms with Crippen molar-refractivity contribution in [2.75, 3.05) is 0 Å². The number of thiophene rings is 2. The minimum atomic E-state index is 0.103. The lowest BCUT2D eigenvalue weighted by molar-refractivity contribution is 1.19. The average Bonchev–Trinajstić information content (AvgIpc) is 2.68. The summed E-state index contributed by atoms with van der Waals surface area (Å²) in [4.78, 5) is 1.37. The molecule has 0 bridgehead atoms. The minimum Gasteiger partial charge on any atom is -0.133 e. The smallest absolute Gasteiger partial charge is 0.0990 e. The predicted octanol–water partition coefficient (Wildman–Crippen LogP) is 6.67. The Morgan fingerprint density at radius 1 is 1.19 bits per heavy atom. The van der Waals surface area contributed by atoms with Crippen LogP contribution in [-0.2, 0) is 0 Å². The molecule has 0 aliphatic rings. The van der Waals surface area contributed by atoms with E-state index < -0.39 is 0 Å². The SMILES string of the molecule is Cc1sc(Br)cc1C(Br)c1cc(Cl)sc1Cl. The van der Waals surface area contributed by atoms with Crippen LogP contribution >= 0.6 is 77.7 Å². The van der Waals surface area contributed by atoms with Crippen LogP contribution in [0.2, 0.25) is 8.67 Å². The highest BCUT2D eigenvalue weighted by Crippen LogP contribution is 2.44. The fourth-order valence-electron chi connectivity index (χ4n) is 1.40. The van der Waals surface area contributed by atoms with Gasteiger partial charge in [-0.1, -0.05) is 39.1 Å². The quantitative estimate of drug-likeness (QED) is 0.476. The van der Waals surface area contributed by atoms with E-state index in [0.29, 0.717) is 0 Å². The van der Waals surface area contributed by atoms with Crippen LogP contribution in [0.25, 0.3) is 0 Å². The van der Waals surface area contributed by atoms with Gasteiger partial charge in [-0.2, -0.15) is 0 Å². The molecule has 0 aliphatic carbocycles. The van der Waals surface area contributed by atoms with E-state index in [1.54, 1.807) is 11.3 Å². The summed E-state index contributed by atoms with van der Waals surface area (Å²) in [6, 6.07) is 4.03. The highest BCUT2D eigenvalue weighted by atomic mass is 79.9. The van der Waals surface area contributed by atoms with E-state index in [0.717, 1.165) is 18.0 Å². The van der Waals surface area contributed by atoms with E-state index in [-0.39, 0.29) is 4.83 Å². The predicted molar refractivity (Wildman–Crippen MR) is 81.9 cm³/mol. The van der Waals surface area contributed by atoms with E-state index in [1.807, 2.05) is 6.07 Å². The van der Waals surface area contributed by atoms with Gasteiger partial charge in [0.25, 0.3) is 0 Å². The van der Waals surface area contributed by atoms with Crippen LogP contribution in [0.1, 0.15) is 20.8 Å². The van der Waals surface area contributed by atoms with Crippen LogP contribution in [0.5, 0.6) is 0 Å². The molecular weight excluding hydrogens is 415 g/mol. The molecule has 2 heterocycles. The van der Waals surface area contributed by atoms with Gasteiger partial charge in [0.15, 0.2) is 0 Å². The van der Waals surface area contributed by atoms with Crippen molar-refractivity contribution in [1.29, 1.82) is 0 Å². The topological polar surface area (TPSA) is 0 Å². The second-order valence-electron chi connectivity index (χ2n) is 3.20. The van der Waals surface area contributed by atoms with Gasteiger partial charge in [0.1, 0.15) is 0 Å². The van der Waals surface area contributed by atoms with Crippen molar-refractivity contribution in [3.63, 3.8) is 0 Å². The fraction of sp³-hybridized carbons (Fsp3) is 0.200. The molecular formula is C10H6Br2Cl2S2. The van der Waals surface area contributed by atoms with Crippen molar-refractivity contribution in [1.82, 2.24) is 0 Å². The summed E-state index contributed by atoms with van der Waals surface area (Å²) >= 11 is 22.4. The molecule has 0 saturated heterocycles. The maximum Gasteiger partial charge on any atom is 0.0990 e. The van der Waals surface area contributed by atoms with Gasteiger partial charge in [-0.05, 0) is 40.5 Å². The van der Waals surface area contributed by atoms with Gasteiger partial charge in [-0.25, -0.2) is 0 Å². The highest BCUT2D eigenvalue weighted by Gasteiger charge is 2.20. The molecule has 16 heavy (non-hydrogen) atoms. The maximum absolute atomic E-state index is 6.14. The summed E-state index contributed by atoms with van der Waals surface area (Å²) in [5.74, 6) is 0. The molecule has 1 unspecified atom stereocenters. The summed E-state index contributed by atoms with van der Waals surface area (Å²) < 4.78 is 2.59. The lowest BCUT2D eigenvalue weighted by Gasteiger charge is -2.08. The number of hydrogen-bond donors (Lipinski definition) is 0. The van der Waals surface area contributed by atoms with Crippen molar-refractivity contribution in [3.05, 3.63) is 40.6 Å². The first kappa shape index (κ1) is 13.4.